The number of carbonyl (C=O) groups excluding carboxylic acids is 1. The van der Waals surface area contributed by atoms with Gasteiger partial charge in [0.25, 0.3) is 5.91 Å². The molecule has 2 aromatic rings. The highest BCUT2D eigenvalue weighted by molar-refractivity contribution is 6.30. The van der Waals surface area contributed by atoms with E-state index < -0.39 is 0 Å². The van der Waals surface area contributed by atoms with Crippen LogP contribution < -0.4 is 0 Å². The number of amides is 1. The van der Waals surface area contributed by atoms with Gasteiger partial charge in [-0.15, -0.1) is 0 Å². The zero-order valence-electron chi connectivity index (χ0n) is 12.8. The molecule has 3 nitrogen and oxygen atoms in total. The van der Waals surface area contributed by atoms with Crippen molar-refractivity contribution in [2.45, 2.75) is 27.2 Å². The van der Waals surface area contributed by atoms with Crippen molar-refractivity contribution in [3.05, 3.63) is 41.0 Å². The Bertz CT molecular complexity index is 642. The van der Waals surface area contributed by atoms with Crippen LogP contribution in [0.4, 0.5) is 0 Å². The fraction of sp³-hybridized carbons (Fsp3) is 0.412. The Labute approximate surface area is 130 Å². The highest BCUT2D eigenvalue weighted by atomic mass is 35.5. The normalized spacial score (nSPS) is 12.4. The summed E-state index contributed by atoms with van der Waals surface area (Å²) < 4.78 is 0. The number of rotatable bonds is 5. The fourth-order valence-electron chi connectivity index (χ4n) is 2.35. The van der Waals surface area contributed by atoms with E-state index in [1.54, 1.807) is 6.07 Å². The minimum Gasteiger partial charge on any atom is -0.339 e. The Morgan fingerprint density at radius 2 is 2.05 bits per heavy atom. The summed E-state index contributed by atoms with van der Waals surface area (Å²) in [6.45, 7) is 7.76. The third kappa shape index (κ3) is 3.53. The number of fused-ring (bicyclic) bond motifs is 1. The third-order valence-corrected chi connectivity index (χ3v) is 4.01. The van der Waals surface area contributed by atoms with Gasteiger partial charge >= 0.3 is 0 Å². The molecule has 1 aromatic heterocycles. The van der Waals surface area contributed by atoms with Crippen LogP contribution in [-0.2, 0) is 0 Å². The highest BCUT2D eigenvalue weighted by Gasteiger charge is 2.19. The lowest BCUT2D eigenvalue weighted by molar-refractivity contribution is 0.0743. The minimum absolute atomic E-state index is 0.0262. The molecule has 0 fully saturated rings. The number of hydrogen-bond acceptors (Lipinski definition) is 2. The van der Waals surface area contributed by atoms with Gasteiger partial charge in [0.1, 0.15) is 5.15 Å². The van der Waals surface area contributed by atoms with Crippen molar-refractivity contribution in [3.8, 4) is 0 Å². The van der Waals surface area contributed by atoms with Crippen LogP contribution in [0.1, 0.15) is 37.6 Å². The molecule has 0 aliphatic rings. The zero-order valence-corrected chi connectivity index (χ0v) is 13.5. The van der Waals surface area contributed by atoms with E-state index in [2.05, 4.69) is 18.8 Å². The van der Waals surface area contributed by atoms with Crippen LogP contribution in [-0.4, -0.2) is 28.9 Å². The van der Waals surface area contributed by atoms with Gasteiger partial charge in [-0.05, 0) is 25.0 Å². The van der Waals surface area contributed by atoms with Crippen LogP contribution >= 0.6 is 11.6 Å². The first-order valence-corrected chi connectivity index (χ1v) is 7.79. The van der Waals surface area contributed by atoms with E-state index >= 15 is 0 Å². The molecule has 21 heavy (non-hydrogen) atoms. The number of hydrogen-bond donors (Lipinski definition) is 0. The summed E-state index contributed by atoms with van der Waals surface area (Å²) in [6, 6.07) is 9.29. The number of aromatic nitrogens is 1. The van der Waals surface area contributed by atoms with E-state index in [1.807, 2.05) is 36.1 Å². The molecule has 0 bridgehead atoms. The molecule has 112 valence electrons. The molecular formula is C17H21ClN2O. The molecule has 0 saturated carbocycles. The van der Waals surface area contributed by atoms with E-state index in [9.17, 15) is 4.79 Å². The highest BCUT2D eigenvalue weighted by Crippen LogP contribution is 2.22. The molecule has 2 rings (SSSR count). The van der Waals surface area contributed by atoms with Crippen molar-refractivity contribution < 1.29 is 4.79 Å². The molecule has 0 radical (unpaired) electrons. The summed E-state index contributed by atoms with van der Waals surface area (Å²) >= 11 is 6.07. The van der Waals surface area contributed by atoms with Crippen LogP contribution in [0.15, 0.2) is 30.3 Å². The Balaban J connectivity index is 2.42. The van der Waals surface area contributed by atoms with E-state index in [0.29, 0.717) is 23.2 Å². The SMILES string of the molecule is CCC(C)CN(CC)C(=O)c1cc(Cl)nc2ccccc12. The second-order valence-electron chi connectivity index (χ2n) is 5.37. The monoisotopic (exact) mass is 304 g/mol. The fourth-order valence-corrected chi connectivity index (χ4v) is 2.55. The topological polar surface area (TPSA) is 33.2 Å². The van der Waals surface area contributed by atoms with Gasteiger partial charge in [0.05, 0.1) is 11.1 Å². The smallest absolute Gasteiger partial charge is 0.254 e. The van der Waals surface area contributed by atoms with Crippen molar-refractivity contribution in [1.29, 1.82) is 0 Å². The lowest BCUT2D eigenvalue weighted by Gasteiger charge is -2.24. The van der Waals surface area contributed by atoms with Gasteiger partial charge in [-0.1, -0.05) is 50.1 Å². The summed E-state index contributed by atoms with van der Waals surface area (Å²) in [5.74, 6) is 0.510. The number of nitrogens with zero attached hydrogens (tertiary/aromatic N) is 2. The lowest BCUT2D eigenvalue weighted by atomic mass is 10.1. The van der Waals surface area contributed by atoms with Crippen LogP contribution in [0, 0.1) is 5.92 Å². The van der Waals surface area contributed by atoms with Gasteiger partial charge in [0.15, 0.2) is 0 Å². The molecule has 1 amide bonds. The quantitative estimate of drug-likeness (QED) is 0.767. The average molecular weight is 305 g/mol. The maximum atomic E-state index is 12.8. The van der Waals surface area contributed by atoms with Gasteiger partial charge in [0.2, 0.25) is 0 Å². The predicted octanol–water partition coefficient (Wildman–Crippen LogP) is 4.40. The Kier molecular flexibility index (Phi) is 5.18. The van der Waals surface area contributed by atoms with Crippen molar-refractivity contribution in [1.82, 2.24) is 9.88 Å². The molecule has 0 N–H and O–H groups in total. The Hall–Kier alpha value is -1.61. The van der Waals surface area contributed by atoms with Gasteiger partial charge in [-0.2, -0.15) is 0 Å². The predicted molar refractivity (Wildman–Crippen MR) is 87.8 cm³/mol. The largest absolute Gasteiger partial charge is 0.339 e. The number of para-hydroxylation sites is 1. The summed E-state index contributed by atoms with van der Waals surface area (Å²) in [6.07, 6.45) is 1.06. The average Bonchev–Trinajstić information content (AvgIpc) is 2.50. The van der Waals surface area contributed by atoms with Crippen LogP contribution in [0.2, 0.25) is 5.15 Å². The molecule has 4 heteroatoms. The van der Waals surface area contributed by atoms with Crippen molar-refractivity contribution >= 4 is 28.4 Å². The van der Waals surface area contributed by atoms with E-state index in [1.165, 1.54) is 0 Å². The maximum Gasteiger partial charge on any atom is 0.254 e. The van der Waals surface area contributed by atoms with E-state index in [0.717, 1.165) is 23.9 Å². The van der Waals surface area contributed by atoms with Gasteiger partial charge in [0, 0.05) is 18.5 Å². The van der Waals surface area contributed by atoms with Crippen molar-refractivity contribution in [3.63, 3.8) is 0 Å². The standard InChI is InChI=1S/C17H21ClN2O/c1-4-12(3)11-20(5-2)17(21)14-10-16(18)19-15-9-7-6-8-13(14)15/h6-10,12H,4-5,11H2,1-3H3. The van der Waals surface area contributed by atoms with E-state index in [-0.39, 0.29) is 5.91 Å². The minimum atomic E-state index is 0.0262. The molecule has 1 heterocycles. The zero-order chi connectivity index (χ0) is 15.4. The third-order valence-electron chi connectivity index (χ3n) is 3.81. The number of benzene rings is 1. The molecule has 0 saturated heterocycles. The number of halogens is 1. The first-order valence-electron chi connectivity index (χ1n) is 7.41. The first-order chi connectivity index (χ1) is 10.1. The number of carbonyl (C=O) groups is 1. The molecule has 1 atom stereocenters. The molecule has 1 unspecified atom stereocenters. The summed E-state index contributed by atoms with van der Waals surface area (Å²) in [4.78, 5) is 19.0. The second-order valence-corrected chi connectivity index (χ2v) is 5.75. The molecule has 1 aromatic carbocycles. The van der Waals surface area contributed by atoms with Gasteiger partial charge < -0.3 is 4.90 Å². The lowest BCUT2D eigenvalue weighted by Crippen LogP contribution is -2.34. The first kappa shape index (κ1) is 15.8. The Morgan fingerprint density at radius 1 is 1.33 bits per heavy atom. The number of pyridine rings is 1. The van der Waals surface area contributed by atoms with Gasteiger partial charge in [-0.25, -0.2) is 4.98 Å². The van der Waals surface area contributed by atoms with Gasteiger partial charge in [-0.3, -0.25) is 4.79 Å². The van der Waals surface area contributed by atoms with Crippen molar-refractivity contribution in [2.75, 3.05) is 13.1 Å². The van der Waals surface area contributed by atoms with Crippen LogP contribution in [0.3, 0.4) is 0 Å². The van der Waals surface area contributed by atoms with Crippen molar-refractivity contribution in [2.24, 2.45) is 5.92 Å². The summed E-state index contributed by atoms with van der Waals surface area (Å²) in [5, 5.41) is 1.21. The molecule has 0 aliphatic carbocycles. The van der Waals surface area contributed by atoms with E-state index in [4.69, 9.17) is 11.6 Å². The summed E-state index contributed by atoms with van der Waals surface area (Å²) in [7, 11) is 0. The molecular weight excluding hydrogens is 284 g/mol. The maximum absolute atomic E-state index is 12.8. The molecule has 0 spiro atoms. The van der Waals surface area contributed by atoms with Crippen LogP contribution in [0.25, 0.3) is 10.9 Å². The van der Waals surface area contributed by atoms with Crippen LogP contribution in [0.5, 0.6) is 0 Å². The molecule has 0 aliphatic heterocycles. The second kappa shape index (κ2) is 6.90. The Morgan fingerprint density at radius 3 is 2.71 bits per heavy atom. The summed E-state index contributed by atoms with van der Waals surface area (Å²) in [5.41, 5.74) is 1.39.